The van der Waals surface area contributed by atoms with Crippen molar-refractivity contribution in [1.82, 2.24) is 15.1 Å². The van der Waals surface area contributed by atoms with Crippen LogP contribution in [0.25, 0.3) is 10.9 Å². The smallest absolute Gasteiger partial charge is 0.169 e. The maximum atomic E-state index is 14.2. The molecule has 3 aromatic rings. The van der Waals surface area contributed by atoms with Gasteiger partial charge in [-0.3, -0.25) is 10.00 Å². The zero-order valence-electron chi connectivity index (χ0n) is 14.1. The van der Waals surface area contributed by atoms with Crippen molar-refractivity contribution in [3.8, 4) is 5.75 Å². The number of hydrogen-bond acceptors (Lipinski definition) is 4. The van der Waals surface area contributed by atoms with Crippen LogP contribution in [0.1, 0.15) is 11.3 Å². The predicted molar refractivity (Wildman–Crippen MR) is 103 cm³/mol. The van der Waals surface area contributed by atoms with Gasteiger partial charge in [0.25, 0.3) is 0 Å². The third kappa shape index (κ3) is 4.01. The number of aliphatic hydroxyl groups is 1. The summed E-state index contributed by atoms with van der Waals surface area (Å²) in [4.78, 5) is 2.05. The first-order valence-electron chi connectivity index (χ1n) is 8.00. The molecule has 5 nitrogen and oxygen atoms in total. The second-order valence-electron chi connectivity index (χ2n) is 5.86. The van der Waals surface area contributed by atoms with Crippen LogP contribution in [-0.4, -0.2) is 40.5 Å². The second kappa shape index (κ2) is 8.35. The summed E-state index contributed by atoms with van der Waals surface area (Å²) in [6, 6.07) is 9.27. The van der Waals surface area contributed by atoms with Crippen LogP contribution in [0.5, 0.6) is 5.75 Å². The van der Waals surface area contributed by atoms with E-state index in [1.54, 1.807) is 7.11 Å². The number of nitrogens with zero attached hydrogens (tertiary/aromatic N) is 2. The summed E-state index contributed by atoms with van der Waals surface area (Å²) in [5.74, 6) is 0.245. The molecule has 0 saturated carbocycles. The first-order chi connectivity index (χ1) is 12.5. The van der Waals surface area contributed by atoms with Crippen LogP contribution in [-0.2, 0) is 13.1 Å². The normalized spacial score (nSPS) is 11.5. The Balaban J connectivity index is 1.86. The molecule has 0 radical (unpaired) electrons. The van der Waals surface area contributed by atoms with Crippen molar-refractivity contribution in [2.75, 3.05) is 20.3 Å². The van der Waals surface area contributed by atoms with Crippen LogP contribution in [0.4, 0.5) is 4.39 Å². The Bertz CT molecular complexity index is 902. The Morgan fingerprint density at radius 1 is 1.31 bits per heavy atom. The largest absolute Gasteiger partial charge is 0.497 e. The monoisotopic (exact) mass is 441 g/mol. The molecule has 138 valence electrons. The lowest BCUT2D eigenvalue weighted by molar-refractivity contribution is 0.183. The molecule has 2 aromatic carbocycles. The molecule has 8 heteroatoms. The molecular formula is C18H18BrClFN3O2. The minimum absolute atomic E-state index is 0.0174. The minimum Gasteiger partial charge on any atom is -0.497 e. The summed E-state index contributed by atoms with van der Waals surface area (Å²) in [6.07, 6.45) is 0. The summed E-state index contributed by atoms with van der Waals surface area (Å²) in [6.45, 7) is 1.59. The molecule has 1 heterocycles. The Kier molecular flexibility index (Phi) is 6.13. The minimum atomic E-state index is -0.545. The highest BCUT2D eigenvalue weighted by atomic mass is 79.9. The van der Waals surface area contributed by atoms with Gasteiger partial charge in [-0.15, -0.1) is 0 Å². The topological polar surface area (TPSA) is 61.4 Å². The molecule has 0 unspecified atom stereocenters. The Labute approximate surface area is 163 Å². The number of aromatic nitrogens is 2. The Morgan fingerprint density at radius 2 is 2.04 bits per heavy atom. The molecule has 0 aliphatic carbocycles. The number of aromatic amines is 1. The van der Waals surface area contributed by atoms with E-state index in [4.69, 9.17) is 16.3 Å². The molecule has 0 spiro atoms. The lowest BCUT2D eigenvalue weighted by Crippen LogP contribution is -2.26. The molecule has 0 atom stereocenters. The molecule has 0 aliphatic rings. The predicted octanol–water partition coefficient (Wildman–Crippen LogP) is 4.12. The van der Waals surface area contributed by atoms with E-state index in [-0.39, 0.29) is 17.1 Å². The number of hydrogen-bond donors (Lipinski definition) is 2. The van der Waals surface area contributed by atoms with Crippen molar-refractivity contribution in [2.45, 2.75) is 13.1 Å². The Hall–Kier alpha value is -1.67. The average molecular weight is 443 g/mol. The lowest BCUT2D eigenvalue weighted by Gasteiger charge is -2.21. The summed E-state index contributed by atoms with van der Waals surface area (Å²) in [7, 11) is 1.62. The molecule has 26 heavy (non-hydrogen) atoms. The third-order valence-electron chi connectivity index (χ3n) is 4.11. The number of methoxy groups -OCH3 is 1. The molecule has 0 bridgehead atoms. The van der Waals surface area contributed by atoms with E-state index in [0.29, 0.717) is 29.5 Å². The molecule has 3 rings (SSSR count). The van der Waals surface area contributed by atoms with E-state index in [1.807, 2.05) is 29.2 Å². The molecule has 0 aliphatic heterocycles. The van der Waals surface area contributed by atoms with Gasteiger partial charge >= 0.3 is 0 Å². The average Bonchev–Trinajstić information content (AvgIpc) is 3.05. The van der Waals surface area contributed by atoms with E-state index in [9.17, 15) is 9.50 Å². The summed E-state index contributed by atoms with van der Waals surface area (Å²) in [5.41, 5.74) is 2.04. The number of halogens is 3. The second-order valence-corrected chi connectivity index (χ2v) is 7.12. The number of aliphatic hydroxyl groups excluding tert-OH is 1. The van der Waals surface area contributed by atoms with E-state index >= 15 is 0 Å². The van der Waals surface area contributed by atoms with Gasteiger partial charge in [-0.05, 0) is 39.7 Å². The zero-order valence-corrected chi connectivity index (χ0v) is 16.4. The van der Waals surface area contributed by atoms with Gasteiger partial charge in [0.15, 0.2) is 5.82 Å². The fourth-order valence-corrected chi connectivity index (χ4v) is 3.82. The molecule has 1 aromatic heterocycles. The number of H-pyrrole nitrogens is 1. The van der Waals surface area contributed by atoms with Crippen molar-refractivity contribution in [3.63, 3.8) is 0 Å². The fraction of sp³-hybridized carbons (Fsp3) is 0.278. The fourth-order valence-electron chi connectivity index (χ4n) is 2.84. The summed E-state index contributed by atoms with van der Waals surface area (Å²) in [5, 5.41) is 17.0. The van der Waals surface area contributed by atoms with Crippen LogP contribution < -0.4 is 4.74 Å². The number of fused-ring (bicyclic) bond motifs is 1. The van der Waals surface area contributed by atoms with Crippen molar-refractivity contribution < 1.29 is 14.2 Å². The van der Waals surface area contributed by atoms with E-state index < -0.39 is 5.82 Å². The highest BCUT2D eigenvalue weighted by Crippen LogP contribution is 2.33. The van der Waals surface area contributed by atoms with Gasteiger partial charge in [-0.25, -0.2) is 4.39 Å². The first-order valence-corrected chi connectivity index (χ1v) is 9.17. The van der Waals surface area contributed by atoms with Crippen LogP contribution >= 0.6 is 27.5 Å². The van der Waals surface area contributed by atoms with Gasteiger partial charge in [0.2, 0.25) is 0 Å². The molecular weight excluding hydrogens is 425 g/mol. The van der Waals surface area contributed by atoms with Crippen LogP contribution in [0.15, 0.2) is 34.8 Å². The molecule has 2 N–H and O–H groups in total. The van der Waals surface area contributed by atoms with E-state index in [0.717, 1.165) is 17.0 Å². The Morgan fingerprint density at radius 3 is 2.69 bits per heavy atom. The van der Waals surface area contributed by atoms with Crippen LogP contribution in [0.3, 0.4) is 0 Å². The van der Waals surface area contributed by atoms with Crippen molar-refractivity contribution in [3.05, 3.63) is 56.9 Å². The summed E-state index contributed by atoms with van der Waals surface area (Å²) < 4.78 is 20.0. The van der Waals surface area contributed by atoms with Crippen LogP contribution in [0, 0.1) is 5.82 Å². The summed E-state index contributed by atoms with van der Waals surface area (Å²) >= 11 is 9.31. The van der Waals surface area contributed by atoms with Gasteiger partial charge in [-0.2, -0.15) is 5.10 Å². The number of nitrogens with one attached hydrogen (secondary N) is 1. The van der Waals surface area contributed by atoms with Gasteiger partial charge in [0, 0.05) is 29.5 Å². The number of rotatable bonds is 7. The van der Waals surface area contributed by atoms with Crippen molar-refractivity contribution >= 4 is 38.4 Å². The number of benzene rings is 2. The van der Waals surface area contributed by atoms with Gasteiger partial charge in [-0.1, -0.05) is 23.7 Å². The number of ether oxygens (including phenoxy) is 1. The molecule has 0 saturated heterocycles. The quantitative estimate of drug-likeness (QED) is 0.540. The van der Waals surface area contributed by atoms with Gasteiger partial charge in [0.05, 0.1) is 24.4 Å². The highest BCUT2D eigenvalue weighted by Gasteiger charge is 2.18. The van der Waals surface area contributed by atoms with Crippen molar-refractivity contribution in [2.24, 2.45) is 0 Å². The molecule has 0 fully saturated rings. The highest BCUT2D eigenvalue weighted by molar-refractivity contribution is 9.10. The van der Waals surface area contributed by atoms with Crippen LogP contribution in [0.2, 0.25) is 5.02 Å². The standard InChI is InChI=1S/C18H18BrClFN3O2/c1-26-12-4-2-11(3-5-12)9-24(6-7-25)10-15-16-13(19)8-14(20)17(21)18(16)23-22-15/h2-5,8,25H,6-7,9-10H2,1H3,(H,22,23). The third-order valence-corrected chi connectivity index (χ3v) is 5.01. The zero-order chi connectivity index (χ0) is 18.7. The lowest BCUT2D eigenvalue weighted by atomic mass is 10.1. The van der Waals surface area contributed by atoms with E-state index in [2.05, 4.69) is 26.1 Å². The van der Waals surface area contributed by atoms with Gasteiger partial charge in [0.1, 0.15) is 11.3 Å². The van der Waals surface area contributed by atoms with E-state index in [1.165, 1.54) is 6.07 Å². The first kappa shape index (κ1) is 19.1. The maximum Gasteiger partial charge on any atom is 0.169 e. The SMILES string of the molecule is COc1ccc(CN(CCO)Cc2[nH]nc3c(F)c(Cl)cc(Br)c23)cc1. The molecule has 0 amide bonds. The van der Waals surface area contributed by atoms with Gasteiger partial charge < -0.3 is 9.84 Å². The van der Waals surface area contributed by atoms with Crippen molar-refractivity contribution in [1.29, 1.82) is 0 Å². The maximum absolute atomic E-state index is 14.2.